The molecule has 0 spiro atoms. The largest absolute Gasteiger partial charge is 0.503 e. The summed E-state index contributed by atoms with van der Waals surface area (Å²) in [6.45, 7) is 7.84. The number of carbonyl (C=O) groups excluding carboxylic acids is 2. The molecule has 8 heteroatoms. The van der Waals surface area contributed by atoms with Crippen LogP contribution < -0.4 is 10.1 Å². The van der Waals surface area contributed by atoms with Crippen LogP contribution in [-0.2, 0) is 14.3 Å². The Morgan fingerprint density at radius 3 is 2.39 bits per heavy atom. The van der Waals surface area contributed by atoms with E-state index in [0.717, 1.165) is 5.56 Å². The molecule has 8 nitrogen and oxygen atoms in total. The lowest BCUT2D eigenvalue weighted by Crippen LogP contribution is -2.41. The van der Waals surface area contributed by atoms with E-state index in [4.69, 9.17) is 14.2 Å². The van der Waals surface area contributed by atoms with Crippen molar-refractivity contribution in [3.8, 4) is 11.5 Å². The molecule has 0 saturated carbocycles. The Labute approximate surface area is 182 Å². The second-order valence-corrected chi connectivity index (χ2v) is 7.61. The predicted octanol–water partition coefficient (Wildman–Crippen LogP) is 3.26. The molecule has 1 aromatic carbocycles. The van der Waals surface area contributed by atoms with Crippen LogP contribution in [-0.4, -0.2) is 47.8 Å². The fraction of sp³-hybridized carbons (Fsp3) is 0.435. The van der Waals surface area contributed by atoms with Crippen LogP contribution in [0.25, 0.3) is 0 Å². The van der Waals surface area contributed by atoms with Crippen molar-refractivity contribution in [2.45, 2.75) is 45.9 Å². The summed E-state index contributed by atoms with van der Waals surface area (Å²) in [7, 11) is 1.36. The fourth-order valence-electron chi connectivity index (χ4n) is 2.88. The van der Waals surface area contributed by atoms with Crippen molar-refractivity contribution >= 4 is 11.9 Å². The van der Waals surface area contributed by atoms with E-state index in [2.05, 4.69) is 10.3 Å². The van der Waals surface area contributed by atoms with Gasteiger partial charge >= 0.3 is 5.97 Å². The van der Waals surface area contributed by atoms with Crippen molar-refractivity contribution in [3.63, 3.8) is 0 Å². The quantitative estimate of drug-likeness (QED) is 0.557. The Balaban J connectivity index is 2.05. The number of amides is 1. The lowest BCUT2D eigenvalue weighted by atomic mass is 10.0. The molecule has 1 aromatic heterocycles. The third-order valence-corrected chi connectivity index (χ3v) is 4.49. The molecule has 3 atom stereocenters. The standard InChI is InChI=1S/C23H30N2O6/c1-14(2)13-30-21(17-9-7-6-8-10-17)16(4)31-23(28)15(3)25-22(27)19-20(26)18(29-5)11-12-24-19/h6-12,14-16,21,26H,13H2,1-5H3,(H,25,27)/t15-,16-,21+/m0/s1. The van der Waals surface area contributed by atoms with Crippen molar-refractivity contribution in [2.75, 3.05) is 13.7 Å². The van der Waals surface area contributed by atoms with Crippen LogP contribution in [0.2, 0.25) is 0 Å². The molecule has 2 rings (SSSR count). The Morgan fingerprint density at radius 2 is 1.77 bits per heavy atom. The summed E-state index contributed by atoms with van der Waals surface area (Å²) < 4.78 is 16.6. The van der Waals surface area contributed by atoms with E-state index in [0.29, 0.717) is 12.5 Å². The molecule has 2 N–H and O–H groups in total. The van der Waals surface area contributed by atoms with Gasteiger partial charge in [-0.2, -0.15) is 0 Å². The first-order chi connectivity index (χ1) is 14.7. The van der Waals surface area contributed by atoms with Gasteiger partial charge in [-0.15, -0.1) is 0 Å². The predicted molar refractivity (Wildman–Crippen MR) is 115 cm³/mol. The Morgan fingerprint density at radius 1 is 1.10 bits per heavy atom. The van der Waals surface area contributed by atoms with Crippen LogP contribution >= 0.6 is 0 Å². The summed E-state index contributed by atoms with van der Waals surface area (Å²) >= 11 is 0. The average Bonchev–Trinajstić information content (AvgIpc) is 2.74. The van der Waals surface area contributed by atoms with Crippen molar-refractivity contribution in [2.24, 2.45) is 5.92 Å². The highest BCUT2D eigenvalue weighted by Crippen LogP contribution is 2.28. The van der Waals surface area contributed by atoms with Gasteiger partial charge in [-0.3, -0.25) is 4.79 Å². The number of methoxy groups -OCH3 is 1. The highest BCUT2D eigenvalue weighted by molar-refractivity contribution is 5.97. The number of hydrogen-bond acceptors (Lipinski definition) is 7. The van der Waals surface area contributed by atoms with Gasteiger partial charge in [-0.05, 0) is 25.3 Å². The van der Waals surface area contributed by atoms with Crippen molar-refractivity contribution < 1.29 is 28.9 Å². The van der Waals surface area contributed by atoms with Crippen LogP contribution in [0.4, 0.5) is 0 Å². The average molecular weight is 431 g/mol. The lowest BCUT2D eigenvalue weighted by molar-refractivity contribution is -0.159. The van der Waals surface area contributed by atoms with Crippen LogP contribution in [0.5, 0.6) is 11.5 Å². The molecule has 0 radical (unpaired) electrons. The van der Waals surface area contributed by atoms with Crippen LogP contribution in [0.3, 0.4) is 0 Å². The number of pyridine rings is 1. The number of rotatable bonds is 10. The summed E-state index contributed by atoms with van der Waals surface area (Å²) in [5, 5.41) is 12.6. The highest BCUT2D eigenvalue weighted by atomic mass is 16.6. The molecule has 0 aliphatic carbocycles. The van der Waals surface area contributed by atoms with Gasteiger partial charge in [0.25, 0.3) is 5.91 Å². The molecule has 31 heavy (non-hydrogen) atoms. The van der Waals surface area contributed by atoms with E-state index in [9.17, 15) is 14.7 Å². The number of esters is 1. The molecule has 0 unspecified atom stereocenters. The number of aromatic hydroxyl groups is 1. The molecular formula is C23H30N2O6. The van der Waals surface area contributed by atoms with E-state index < -0.39 is 35.9 Å². The SMILES string of the molecule is COc1ccnc(C(=O)N[C@@H](C)C(=O)O[C@@H](C)[C@@H](OCC(C)C)c2ccccc2)c1O. The minimum Gasteiger partial charge on any atom is -0.503 e. The maximum atomic E-state index is 12.6. The van der Waals surface area contributed by atoms with Crippen LogP contribution in [0.1, 0.15) is 49.9 Å². The number of carbonyl (C=O) groups is 2. The van der Waals surface area contributed by atoms with Gasteiger partial charge in [0.1, 0.15) is 18.2 Å². The van der Waals surface area contributed by atoms with Gasteiger partial charge in [-0.1, -0.05) is 44.2 Å². The van der Waals surface area contributed by atoms with Crippen molar-refractivity contribution in [3.05, 3.63) is 53.9 Å². The second kappa shape index (κ2) is 11.3. The molecule has 0 fully saturated rings. The van der Waals surface area contributed by atoms with Crippen LogP contribution in [0, 0.1) is 5.92 Å². The van der Waals surface area contributed by atoms with E-state index >= 15 is 0 Å². The molecule has 1 heterocycles. The number of ether oxygens (including phenoxy) is 3. The molecule has 0 aliphatic rings. The van der Waals surface area contributed by atoms with Gasteiger partial charge in [-0.25, -0.2) is 9.78 Å². The van der Waals surface area contributed by atoms with E-state index in [1.165, 1.54) is 26.3 Å². The number of benzene rings is 1. The summed E-state index contributed by atoms with van der Waals surface area (Å²) in [5.74, 6) is -1.32. The summed E-state index contributed by atoms with van der Waals surface area (Å²) in [6, 6.07) is 9.98. The van der Waals surface area contributed by atoms with Gasteiger partial charge in [0.05, 0.1) is 7.11 Å². The summed E-state index contributed by atoms with van der Waals surface area (Å²) in [4.78, 5) is 28.9. The summed E-state index contributed by atoms with van der Waals surface area (Å²) in [5.41, 5.74) is 0.653. The number of aromatic nitrogens is 1. The molecule has 0 saturated heterocycles. The molecule has 0 bridgehead atoms. The van der Waals surface area contributed by atoms with E-state index in [1.54, 1.807) is 6.92 Å². The minimum absolute atomic E-state index is 0.108. The maximum absolute atomic E-state index is 12.6. The molecule has 0 aliphatic heterocycles. The van der Waals surface area contributed by atoms with Gasteiger partial charge in [0, 0.05) is 18.9 Å². The van der Waals surface area contributed by atoms with E-state index in [-0.39, 0.29) is 11.4 Å². The second-order valence-electron chi connectivity index (χ2n) is 7.61. The zero-order valence-electron chi connectivity index (χ0n) is 18.5. The van der Waals surface area contributed by atoms with Crippen molar-refractivity contribution in [1.82, 2.24) is 10.3 Å². The maximum Gasteiger partial charge on any atom is 0.328 e. The number of nitrogens with one attached hydrogen (secondary N) is 1. The first-order valence-corrected chi connectivity index (χ1v) is 10.1. The monoisotopic (exact) mass is 430 g/mol. The zero-order chi connectivity index (χ0) is 23.0. The van der Waals surface area contributed by atoms with E-state index in [1.807, 2.05) is 44.2 Å². The normalized spacial score (nSPS) is 13.9. The summed E-state index contributed by atoms with van der Waals surface area (Å²) in [6.07, 6.45) is 0.297. The fourth-order valence-corrected chi connectivity index (χ4v) is 2.88. The molecule has 1 amide bonds. The molecular weight excluding hydrogens is 400 g/mol. The Bertz CT molecular complexity index is 872. The van der Waals surface area contributed by atoms with Crippen molar-refractivity contribution in [1.29, 1.82) is 0 Å². The highest BCUT2D eigenvalue weighted by Gasteiger charge is 2.28. The minimum atomic E-state index is -0.969. The lowest BCUT2D eigenvalue weighted by Gasteiger charge is -2.27. The van der Waals surface area contributed by atoms with Gasteiger partial charge < -0.3 is 24.6 Å². The first-order valence-electron chi connectivity index (χ1n) is 10.1. The zero-order valence-corrected chi connectivity index (χ0v) is 18.5. The third kappa shape index (κ3) is 6.68. The topological polar surface area (TPSA) is 107 Å². The van der Waals surface area contributed by atoms with Crippen LogP contribution in [0.15, 0.2) is 42.6 Å². The Kier molecular flexibility index (Phi) is 8.81. The smallest absolute Gasteiger partial charge is 0.328 e. The van der Waals surface area contributed by atoms with Gasteiger partial charge in [0.2, 0.25) is 0 Å². The molecule has 2 aromatic rings. The first kappa shape index (κ1) is 24.1. The number of hydrogen-bond donors (Lipinski definition) is 2. The third-order valence-electron chi connectivity index (χ3n) is 4.49. The number of nitrogens with zero attached hydrogens (tertiary/aromatic N) is 1. The molecule has 168 valence electrons. The van der Waals surface area contributed by atoms with Gasteiger partial charge in [0.15, 0.2) is 17.2 Å². The Hall–Kier alpha value is -3.13.